The van der Waals surface area contributed by atoms with E-state index in [1.54, 1.807) is 16.8 Å². The maximum absolute atomic E-state index is 10.6. The first-order valence-electron chi connectivity index (χ1n) is 4.99. The molecule has 0 bridgehead atoms. The molecule has 88 valence electrons. The second-order valence-corrected chi connectivity index (χ2v) is 4.02. The van der Waals surface area contributed by atoms with E-state index in [4.69, 9.17) is 16.7 Å². The van der Waals surface area contributed by atoms with Gasteiger partial charge in [0.1, 0.15) is 0 Å². The quantitative estimate of drug-likeness (QED) is 0.896. The molecule has 6 heteroatoms. The van der Waals surface area contributed by atoms with Gasteiger partial charge in [0.05, 0.1) is 24.9 Å². The first kappa shape index (κ1) is 11.6. The molecule has 0 aliphatic carbocycles. The van der Waals surface area contributed by atoms with Gasteiger partial charge in [-0.1, -0.05) is 28.9 Å². The van der Waals surface area contributed by atoms with Crippen molar-refractivity contribution in [2.24, 2.45) is 0 Å². The van der Waals surface area contributed by atoms with Crippen molar-refractivity contribution in [3.05, 3.63) is 46.7 Å². The molecule has 17 heavy (non-hydrogen) atoms. The van der Waals surface area contributed by atoms with Gasteiger partial charge in [-0.25, -0.2) is 4.68 Å². The van der Waals surface area contributed by atoms with Crippen LogP contribution < -0.4 is 0 Å². The van der Waals surface area contributed by atoms with Crippen molar-refractivity contribution in [2.45, 2.75) is 13.0 Å². The highest BCUT2D eigenvalue weighted by atomic mass is 35.5. The van der Waals surface area contributed by atoms with Crippen LogP contribution in [0.1, 0.15) is 11.3 Å². The number of carbonyl (C=O) groups is 1. The predicted molar refractivity (Wildman–Crippen MR) is 61.9 cm³/mol. The van der Waals surface area contributed by atoms with Crippen LogP contribution in [0.3, 0.4) is 0 Å². The summed E-state index contributed by atoms with van der Waals surface area (Å²) in [5.74, 6) is -0.898. The van der Waals surface area contributed by atoms with Crippen molar-refractivity contribution in [1.82, 2.24) is 15.0 Å². The Labute approximate surface area is 103 Å². The maximum Gasteiger partial charge on any atom is 0.309 e. The Bertz CT molecular complexity index is 522. The summed E-state index contributed by atoms with van der Waals surface area (Å²) in [4.78, 5) is 10.6. The third kappa shape index (κ3) is 3.04. The number of aliphatic carboxylic acids is 1. The first-order chi connectivity index (χ1) is 8.15. The fourth-order valence-corrected chi connectivity index (χ4v) is 1.59. The third-order valence-electron chi connectivity index (χ3n) is 2.28. The van der Waals surface area contributed by atoms with Crippen molar-refractivity contribution in [1.29, 1.82) is 0 Å². The molecule has 1 heterocycles. The van der Waals surface area contributed by atoms with E-state index in [0.29, 0.717) is 17.3 Å². The van der Waals surface area contributed by atoms with Crippen LogP contribution in [0, 0.1) is 0 Å². The van der Waals surface area contributed by atoms with Crippen LogP contribution in [0.25, 0.3) is 0 Å². The molecule has 1 aromatic carbocycles. The summed E-state index contributed by atoms with van der Waals surface area (Å²) in [6.07, 6.45) is 1.38. The number of hydrogen-bond acceptors (Lipinski definition) is 3. The van der Waals surface area contributed by atoms with Crippen LogP contribution in [-0.4, -0.2) is 26.1 Å². The molecule has 0 aliphatic heterocycles. The van der Waals surface area contributed by atoms with Gasteiger partial charge in [0, 0.05) is 5.02 Å². The zero-order valence-electron chi connectivity index (χ0n) is 8.88. The molecule has 1 aromatic heterocycles. The lowest BCUT2D eigenvalue weighted by molar-refractivity contribution is -0.136. The number of rotatable bonds is 4. The number of nitrogens with zero attached hydrogens (tertiary/aromatic N) is 3. The topological polar surface area (TPSA) is 68.0 Å². The third-order valence-corrected chi connectivity index (χ3v) is 2.53. The van der Waals surface area contributed by atoms with Gasteiger partial charge in [-0.2, -0.15) is 0 Å². The van der Waals surface area contributed by atoms with E-state index in [1.165, 1.54) is 6.20 Å². The largest absolute Gasteiger partial charge is 0.481 e. The Morgan fingerprint density at radius 2 is 2.06 bits per heavy atom. The molecule has 0 spiro atoms. The summed E-state index contributed by atoms with van der Waals surface area (Å²) in [6.45, 7) is 0.486. The highest BCUT2D eigenvalue weighted by Gasteiger charge is 2.08. The minimum atomic E-state index is -0.898. The number of halogens is 1. The molecule has 0 aliphatic rings. The Kier molecular flexibility index (Phi) is 3.39. The molecule has 0 unspecified atom stereocenters. The van der Waals surface area contributed by atoms with Crippen molar-refractivity contribution >= 4 is 17.6 Å². The molecular weight excluding hydrogens is 242 g/mol. The Morgan fingerprint density at radius 1 is 1.35 bits per heavy atom. The van der Waals surface area contributed by atoms with Gasteiger partial charge in [0.25, 0.3) is 0 Å². The smallest absolute Gasteiger partial charge is 0.309 e. The van der Waals surface area contributed by atoms with E-state index >= 15 is 0 Å². The minimum absolute atomic E-state index is 0.0827. The minimum Gasteiger partial charge on any atom is -0.481 e. The molecule has 0 atom stereocenters. The normalized spacial score (nSPS) is 10.4. The number of carboxylic acid groups (broad SMARTS) is 1. The molecule has 2 rings (SSSR count). The average molecular weight is 252 g/mol. The summed E-state index contributed by atoms with van der Waals surface area (Å²) in [5.41, 5.74) is 1.57. The fraction of sp³-hybridized carbons (Fsp3) is 0.182. The number of hydrogen-bond donors (Lipinski definition) is 1. The van der Waals surface area contributed by atoms with E-state index < -0.39 is 5.97 Å². The second-order valence-electron chi connectivity index (χ2n) is 3.58. The van der Waals surface area contributed by atoms with Crippen LogP contribution in [0.2, 0.25) is 5.02 Å². The zero-order valence-corrected chi connectivity index (χ0v) is 9.63. The fourth-order valence-electron chi connectivity index (χ4n) is 1.47. The summed E-state index contributed by atoms with van der Waals surface area (Å²) >= 11 is 5.78. The molecular formula is C11H10ClN3O2. The van der Waals surface area contributed by atoms with E-state index in [-0.39, 0.29) is 6.42 Å². The van der Waals surface area contributed by atoms with Crippen molar-refractivity contribution in [3.8, 4) is 0 Å². The molecule has 1 N–H and O–H groups in total. The second kappa shape index (κ2) is 4.97. The molecule has 5 nitrogen and oxygen atoms in total. The van der Waals surface area contributed by atoms with Crippen LogP contribution in [0.15, 0.2) is 30.5 Å². The molecule has 0 radical (unpaired) electrons. The zero-order chi connectivity index (χ0) is 12.3. The van der Waals surface area contributed by atoms with E-state index in [2.05, 4.69) is 10.3 Å². The maximum atomic E-state index is 10.6. The van der Waals surface area contributed by atoms with E-state index in [9.17, 15) is 4.79 Å². The van der Waals surface area contributed by atoms with Crippen molar-refractivity contribution < 1.29 is 9.90 Å². The summed E-state index contributed by atoms with van der Waals surface area (Å²) in [6, 6.07) is 7.30. The van der Waals surface area contributed by atoms with E-state index in [0.717, 1.165) is 5.56 Å². The molecule has 0 fully saturated rings. The van der Waals surface area contributed by atoms with Gasteiger partial charge in [0.2, 0.25) is 0 Å². The highest BCUT2D eigenvalue weighted by molar-refractivity contribution is 6.30. The molecule has 0 saturated heterocycles. The predicted octanol–water partition coefficient (Wildman–Crippen LogP) is 1.61. The van der Waals surface area contributed by atoms with Crippen LogP contribution in [-0.2, 0) is 17.8 Å². The van der Waals surface area contributed by atoms with Crippen LogP contribution >= 0.6 is 11.6 Å². The van der Waals surface area contributed by atoms with Crippen molar-refractivity contribution in [3.63, 3.8) is 0 Å². The van der Waals surface area contributed by atoms with Gasteiger partial charge in [-0.3, -0.25) is 4.79 Å². The van der Waals surface area contributed by atoms with Gasteiger partial charge >= 0.3 is 5.97 Å². The Morgan fingerprint density at radius 3 is 2.71 bits per heavy atom. The Hall–Kier alpha value is -1.88. The number of aromatic nitrogens is 3. The lowest BCUT2D eigenvalue weighted by Gasteiger charge is -2.04. The standard InChI is InChI=1S/C11H10ClN3O2/c12-9-3-1-8(2-4-9)7-15-10(5-11(16)17)6-13-14-15/h1-4,6H,5,7H2,(H,16,17). The number of benzene rings is 1. The van der Waals surface area contributed by atoms with E-state index in [1.807, 2.05) is 12.1 Å². The van der Waals surface area contributed by atoms with Gasteiger partial charge < -0.3 is 5.11 Å². The summed E-state index contributed by atoms with van der Waals surface area (Å²) < 4.78 is 1.57. The number of carboxylic acids is 1. The monoisotopic (exact) mass is 251 g/mol. The SMILES string of the molecule is O=C(O)Cc1cnnn1Cc1ccc(Cl)cc1. The Balaban J connectivity index is 2.15. The molecule has 2 aromatic rings. The summed E-state index contributed by atoms with van der Waals surface area (Å²) in [7, 11) is 0. The highest BCUT2D eigenvalue weighted by Crippen LogP contribution is 2.11. The summed E-state index contributed by atoms with van der Waals surface area (Å²) in [5, 5.41) is 17.0. The molecule has 0 amide bonds. The average Bonchev–Trinajstić information content (AvgIpc) is 2.68. The van der Waals surface area contributed by atoms with Crippen molar-refractivity contribution in [2.75, 3.05) is 0 Å². The lowest BCUT2D eigenvalue weighted by atomic mass is 10.2. The van der Waals surface area contributed by atoms with Gasteiger partial charge in [0.15, 0.2) is 0 Å². The molecule has 0 saturated carbocycles. The van der Waals surface area contributed by atoms with Gasteiger partial charge in [-0.15, -0.1) is 5.10 Å². The first-order valence-corrected chi connectivity index (χ1v) is 5.36. The van der Waals surface area contributed by atoms with Crippen LogP contribution in [0.5, 0.6) is 0 Å². The van der Waals surface area contributed by atoms with Crippen LogP contribution in [0.4, 0.5) is 0 Å². The lowest BCUT2D eigenvalue weighted by Crippen LogP contribution is -2.10. The van der Waals surface area contributed by atoms with Gasteiger partial charge in [-0.05, 0) is 17.7 Å².